The molecule has 0 amide bonds. The largest absolute Gasteiger partial charge is 0.362 e. The van der Waals surface area contributed by atoms with E-state index in [0.29, 0.717) is 16.7 Å². The van der Waals surface area contributed by atoms with Gasteiger partial charge in [-0.2, -0.15) is 0 Å². The van der Waals surface area contributed by atoms with Crippen molar-refractivity contribution in [3.63, 3.8) is 0 Å². The Morgan fingerprint density at radius 3 is 2.62 bits per heavy atom. The second-order valence-electron chi connectivity index (χ2n) is 4.09. The molecule has 0 atom stereocenters. The van der Waals surface area contributed by atoms with E-state index < -0.39 is 0 Å². The molecule has 2 nitrogen and oxygen atoms in total. The first-order valence-corrected chi connectivity index (χ1v) is 5.69. The van der Waals surface area contributed by atoms with Crippen LogP contribution in [-0.4, -0.2) is 18.7 Å². The molecule has 0 unspecified atom stereocenters. The SMILES string of the molecule is CC(C)CNC(=S)N(C)c1ccccc1F. The average Bonchev–Trinajstić information content (AvgIpc) is 2.25. The van der Waals surface area contributed by atoms with Gasteiger partial charge in [-0.3, -0.25) is 0 Å². The van der Waals surface area contributed by atoms with Crippen molar-refractivity contribution in [2.45, 2.75) is 13.8 Å². The lowest BCUT2D eigenvalue weighted by atomic mass is 10.2. The smallest absolute Gasteiger partial charge is 0.173 e. The molecule has 0 fully saturated rings. The van der Waals surface area contributed by atoms with Gasteiger partial charge in [-0.05, 0) is 30.3 Å². The van der Waals surface area contributed by atoms with Gasteiger partial charge >= 0.3 is 0 Å². The number of rotatable bonds is 3. The van der Waals surface area contributed by atoms with Crippen LogP contribution in [-0.2, 0) is 0 Å². The van der Waals surface area contributed by atoms with E-state index in [1.54, 1.807) is 30.1 Å². The van der Waals surface area contributed by atoms with Crippen LogP contribution in [0.15, 0.2) is 24.3 Å². The molecule has 88 valence electrons. The number of halogens is 1. The van der Waals surface area contributed by atoms with E-state index in [9.17, 15) is 4.39 Å². The van der Waals surface area contributed by atoms with Gasteiger partial charge in [-0.15, -0.1) is 0 Å². The third-order valence-electron chi connectivity index (χ3n) is 2.18. The topological polar surface area (TPSA) is 15.3 Å². The lowest BCUT2D eigenvalue weighted by molar-refractivity contribution is 0.619. The van der Waals surface area contributed by atoms with Gasteiger partial charge in [0.2, 0.25) is 0 Å². The van der Waals surface area contributed by atoms with Gasteiger partial charge < -0.3 is 10.2 Å². The van der Waals surface area contributed by atoms with E-state index in [1.165, 1.54) is 6.07 Å². The number of nitrogens with one attached hydrogen (secondary N) is 1. The first-order valence-electron chi connectivity index (χ1n) is 5.28. The van der Waals surface area contributed by atoms with Crippen LogP contribution in [0.5, 0.6) is 0 Å². The normalized spacial score (nSPS) is 10.3. The third kappa shape index (κ3) is 3.45. The zero-order chi connectivity index (χ0) is 12.1. The predicted molar refractivity (Wildman–Crippen MR) is 70.2 cm³/mol. The Bertz CT molecular complexity index is 366. The van der Waals surface area contributed by atoms with E-state index in [-0.39, 0.29) is 5.82 Å². The van der Waals surface area contributed by atoms with Crippen LogP contribution in [0.1, 0.15) is 13.8 Å². The maximum Gasteiger partial charge on any atom is 0.173 e. The maximum absolute atomic E-state index is 13.5. The molecule has 1 aromatic rings. The maximum atomic E-state index is 13.5. The van der Waals surface area contributed by atoms with Crippen LogP contribution < -0.4 is 10.2 Å². The predicted octanol–water partition coefficient (Wildman–Crippen LogP) is 2.79. The fourth-order valence-corrected chi connectivity index (χ4v) is 1.42. The van der Waals surface area contributed by atoms with Crippen molar-refractivity contribution in [1.82, 2.24) is 5.32 Å². The highest BCUT2D eigenvalue weighted by Gasteiger charge is 2.10. The van der Waals surface area contributed by atoms with Gasteiger partial charge in [0.25, 0.3) is 0 Å². The summed E-state index contributed by atoms with van der Waals surface area (Å²) in [6.07, 6.45) is 0. The minimum atomic E-state index is -0.265. The van der Waals surface area contributed by atoms with Crippen molar-refractivity contribution in [2.75, 3.05) is 18.5 Å². The molecule has 0 heterocycles. The Morgan fingerprint density at radius 1 is 1.44 bits per heavy atom. The highest BCUT2D eigenvalue weighted by molar-refractivity contribution is 7.80. The first-order chi connectivity index (χ1) is 7.52. The van der Waals surface area contributed by atoms with Gasteiger partial charge in [0.15, 0.2) is 5.11 Å². The van der Waals surface area contributed by atoms with Crippen molar-refractivity contribution >= 4 is 23.0 Å². The van der Waals surface area contributed by atoms with Crippen LogP contribution in [0.3, 0.4) is 0 Å². The zero-order valence-electron chi connectivity index (χ0n) is 9.83. The number of nitrogens with zero attached hydrogens (tertiary/aromatic N) is 1. The summed E-state index contributed by atoms with van der Waals surface area (Å²) in [5, 5.41) is 3.64. The highest BCUT2D eigenvalue weighted by atomic mass is 32.1. The second kappa shape index (κ2) is 5.80. The van der Waals surface area contributed by atoms with Crippen molar-refractivity contribution < 1.29 is 4.39 Å². The molecule has 0 spiro atoms. The van der Waals surface area contributed by atoms with Gasteiger partial charge in [0.05, 0.1) is 5.69 Å². The molecule has 0 saturated heterocycles. The Labute approximate surface area is 101 Å². The van der Waals surface area contributed by atoms with Crippen molar-refractivity contribution in [3.05, 3.63) is 30.1 Å². The van der Waals surface area contributed by atoms with Gasteiger partial charge in [0, 0.05) is 13.6 Å². The molecule has 0 aliphatic rings. The average molecular weight is 240 g/mol. The van der Waals surface area contributed by atoms with E-state index in [0.717, 1.165) is 6.54 Å². The second-order valence-corrected chi connectivity index (χ2v) is 4.48. The van der Waals surface area contributed by atoms with E-state index in [2.05, 4.69) is 19.2 Å². The standard InChI is InChI=1S/C12H17FN2S/c1-9(2)8-14-12(16)15(3)11-7-5-4-6-10(11)13/h4-7,9H,8H2,1-3H3,(H,14,16). The number of benzene rings is 1. The molecule has 1 rings (SSSR count). The summed E-state index contributed by atoms with van der Waals surface area (Å²) < 4.78 is 13.5. The van der Waals surface area contributed by atoms with Crippen molar-refractivity contribution in [1.29, 1.82) is 0 Å². The molecule has 1 N–H and O–H groups in total. The van der Waals surface area contributed by atoms with Crippen LogP contribution in [0.4, 0.5) is 10.1 Å². The third-order valence-corrected chi connectivity index (χ3v) is 2.60. The Balaban J connectivity index is 2.67. The molecule has 0 aliphatic heterocycles. The summed E-state index contributed by atoms with van der Waals surface area (Å²) in [6, 6.07) is 6.59. The van der Waals surface area contributed by atoms with Crippen LogP contribution >= 0.6 is 12.2 Å². The van der Waals surface area contributed by atoms with E-state index in [1.807, 2.05) is 0 Å². The Hall–Kier alpha value is -1.16. The molecule has 0 saturated carbocycles. The lowest BCUT2D eigenvalue weighted by Crippen LogP contribution is -2.39. The molecule has 0 bridgehead atoms. The first kappa shape index (κ1) is 12.9. The summed E-state index contributed by atoms with van der Waals surface area (Å²) in [5.41, 5.74) is 0.490. The van der Waals surface area contributed by atoms with E-state index >= 15 is 0 Å². The fraction of sp³-hybridized carbons (Fsp3) is 0.417. The number of thiocarbonyl (C=S) groups is 1. The van der Waals surface area contributed by atoms with Crippen molar-refractivity contribution in [3.8, 4) is 0 Å². The van der Waals surface area contributed by atoms with Gasteiger partial charge in [0.1, 0.15) is 5.82 Å². The molecule has 0 radical (unpaired) electrons. The van der Waals surface area contributed by atoms with Gasteiger partial charge in [-0.1, -0.05) is 26.0 Å². The molecule has 0 aromatic heterocycles. The number of hydrogen-bond donors (Lipinski definition) is 1. The van der Waals surface area contributed by atoms with Gasteiger partial charge in [-0.25, -0.2) is 4.39 Å². The summed E-state index contributed by atoms with van der Waals surface area (Å²) in [7, 11) is 1.76. The number of anilines is 1. The molecule has 16 heavy (non-hydrogen) atoms. The Kier molecular flexibility index (Phi) is 4.68. The van der Waals surface area contributed by atoms with Crippen LogP contribution in [0, 0.1) is 11.7 Å². The summed E-state index contributed by atoms with van der Waals surface area (Å²) in [5.74, 6) is 0.241. The summed E-state index contributed by atoms with van der Waals surface area (Å²) in [4.78, 5) is 1.65. The highest BCUT2D eigenvalue weighted by Crippen LogP contribution is 2.16. The molecular weight excluding hydrogens is 223 g/mol. The monoisotopic (exact) mass is 240 g/mol. The molecular formula is C12H17FN2S. The quantitative estimate of drug-likeness (QED) is 0.818. The molecule has 4 heteroatoms. The number of hydrogen-bond acceptors (Lipinski definition) is 1. The van der Waals surface area contributed by atoms with E-state index in [4.69, 9.17) is 12.2 Å². The molecule has 0 aliphatic carbocycles. The fourth-order valence-electron chi connectivity index (χ4n) is 1.24. The Morgan fingerprint density at radius 2 is 2.06 bits per heavy atom. The summed E-state index contributed by atoms with van der Waals surface area (Å²) in [6.45, 7) is 4.98. The van der Waals surface area contributed by atoms with Crippen LogP contribution in [0.2, 0.25) is 0 Å². The number of para-hydroxylation sites is 1. The minimum Gasteiger partial charge on any atom is -0.362 e. The molecule has 1 aromatic carbocycles. The lowest BCUT2D eigenvalue weighted by Gasteiger charge is -2.22. The summed E-state index contributed by atoms with van der Waals surface area (Å²) >= 11 is 5.18. The van der Waals surface area contributed by atoms with Crippen molar-refractivity contribution in [2.24, 2.45) is 5.92 Å². The van der Waals surface area contributed by atoms with Crippen LogP contribution in [0.25, 0.3) is 0 Å². The zero-order valence-corrected chi connectivity index (χ0v) is 10.6. The minimum absolute atomic E-state index is 0.265.